The van der Waals surface area contributed by atoms with E-state index >= 15 is 0 Å². The molecule has 1 saturated heterocycles. The molecule has 168 valence electrons. The van der Waals surface area contributed by atoms with E-state index in [-0.39, 0.29) is 24.3 Å². The summed E-state index contributed by atoms with van der Waals surface area (Å²) < 4.78 is 5.45. The normalized spacial score (nSPS) is 16.1. The van der Waals surface area contributed by atoms with Crippen molar-refractivity contribution in [1.82, 2.24) is 20.7 Å². The molecule has 1 aromatic carbocycles. The number of likely N-dealkylation sites (tertiary alicyclic amines) is 1. The third-order valence-electron chi connectivity index (χ3n) is 5.79. The molecule has 0 radical (unpaired) electrons. The number of piperidine rings is 1. The SMILES string of the molecule is CNC(=O)CC(NC(=O)O)C1CCN(CCCc2cc(-c3ccc(Cl)cc3)on2)CC1. The van der Waals surface area contributed by atoms with Gasteiger partial charge in [-0.3, -0.25) is 4.79 Å². The first kappa shape index (κ1) is 23.1. The topological polar surface area (TPSA) is 108 Å². The fourth-order valence-electron chi connectivity index (χ4n) is 4.04. The van der Waals surface area contributed by atoms with E-state index in [1.54, 1.807) is 7.05 Å². The number of halogens is 1. The van der Waals surface area contributed by atoms with Crippen LogP contribution in [0.25, 0.3) is 11.3 Å². The highest BCUT2D eigenvalue weighted by Crippen LogP contribution is 2.24. The smallest absolute Gasteiger partial charge is 0.404 e. The van der Waals surface area contributed by atoms with Gasteiger partial charge in [-0.15, -0.1) is 0 Å². The Kier molecular flexibility index (Phi) is 8.31. The molecule has 1 unspecified atom stereocenters. The predicted molar refractivity (Wildman–Crippen MR) is 118 cm³/mol. The third-order valence-corrected chi connectivity index (χ3v) is 6.04. The van der Waals surface area contributed by atoms with Crippen LogP contribution in [0.15, 0.2) is 34.9 Å². The second kappa shape index (κ2) is 11.2. The van der Waals surface area contributed by atoms with Crippen molar-refractivity contribution in [2.45, 2.75) is 38.1 Å². The average molecular weight is 449 g/mol. The minimum absolute atomic E-state index is 0.147. The van der Waals surface area contributed by atoms with Crippen molar-refractivity contribution in [3.8, 4) is 11.3 Å². The van der Waals surface area contributed by atoms with Gasteiger partial charge >= 0.3 is 6.09 Å². The zero-order chi connectivity index (χ0) is 22.2. The molecule has 1 aliphatic heterocycles. The number of hydrogen-bond donors (Lipinski definition) is 3. The highest BCUT2D eigenvalue weighted by Gasteiger charge is 2.29. The molecule has 3 N–H and O–H groups in total. The molecule has 0 saturated carbocycles. The molecule has 31 heavy (non-hydrogen) atoms. The fraction of sp³-hybridized carbons (Fsp3) is 0.500. The molecule has 0 bridgehead atoms. The molecular formula is C22H29ClN4O4. The maximum Gasteiger partial charge on any atom is 0.404 e. The molecule has 3 rings (SSSR count). The van der Waals surface area contributed by atoms with Gasteiger partial charge < -0.3 is 25.2 Å². The third kappa shape index (κ3) is 6.97. The van der Waals surface area contributed by atoms with Crippen molar-refractivity contribution in [1.29, 1.82) is 0 Å². The standard InChI is InChI=1S/C22H29ClN4O4/c1-24-21(28)14-19(25-22(29)30)15-8-11-27(12-9-15)10-2-3-18-13-20(31-26-18)16-4-6-17(23)7-5-16/h4-7,13,15,19,25H,2-3,8-12,14H2,1H3,(H,24,28)(H,29,30). The minimum Gasteiger partial charge on any atom is -0.465 e. The van der Waals surface area contributed by atoms with Crippen molar-refractivity contribution >= 4 is 23.6 Å². The van der Waals surface area contributed by atoms with Crippen LogP contribution in [-0.2, 0) is 11.2 Å². The van der Waals surface area contributed by atoms with E-state index in [0.717, 1.165) is 62.3 Å². The van der Waals surface area contributed by atoms with Gasteiger partial charge in [0.05, 0.1) is 5.69 Å². The van der Waals surface area contributed by atoms with Crippen LogP contribution in [0.5, 0.6) is 0 Å². The Labute approximate surface area is 186 Å². The van der Waals surface area contributed by atoms with Crippen molar-refractivity contribution < 1.29 is 19.2 Å². The van der Waals surface area contributed by atoms with Gasteiger partial charge in [0.25, 0.3) is 0 Å². The highest BCUT2D eigenvalue weighted by atomic mass is 35.5. The Morgan fingerprint density at radius 1 is 1.29 bits per heavy atom. The maximum absolute atomic E-state index is 11.7. The van der Waals surface area contributed by atoms with Gasteiger partial charge in [-0.05, 0) is 75.5 Å². The van der Waals surface area contributed by atoms with E-state index in [1.165, 1.54) is 0 Å². The zero-order valence-electron chi connectivity index (χ0n) is 17.6. The first-order valence-corrected chi connectivity index (χ1v) is 11.0. The van der Waals surface area contributed by atoms with Crippen molar-refractivity contribution in [3.63, 3.8) is 0 Å². The molecule has 1 atom stereocenters. The lowest BCUT2D eigenvalue weighted by molar-refractivity contribution is -0.121. The molecule has 0 spiro atoms. The number of benzene rings is 1. The molecule has 1 aliphatic rings. The minimum atomic E-state index is -1.08. The summed E-state index contributed by atoms with van der Waals surface area (Å²) in [7, 11) is 1.57. The van der Waals surface area contributed by atoms with Gasteiger partial charge in [0, 0.05) is 36.2 Å². The molecule has 9 heteroatoms. The summed E-state index contributed by atoms with van der Waals surface area (Å²) in [5.74, 6) is 0.759. The monoisotopic (exact) mass is 448 g/mol. The van der Waals surface area contributed by atoms with E-state index in [9.17, 15) is 9.59 Å². The van der Waals surface area contributed by atoms with Crippen molar-refractivity contribution in [3.05, 3.63) is 41.0 Å². The van der Waals surface area contributed by atoms with Gasteiger partial charge in [-0.25, -0.2) is 4.79 Å². The summed E-state index contributed by atoms with van der Waals surface area (Å²) in [4.78, 5) is 25.2. The number of carbonyl (C=O) groups is 2. The van der Waals surface area contributed by atoms with E-state index in [0.29, 0.717) is 5.02 Å². The zero-order valence-corrected chi connectivity index (χ0v) is 18.4. The van der Waals surface area contributed by atoms with Crippen LogP contribution in [0.3, 0.4) is 0 Å². The fourth-order valence-corrected chi connectivity index (χ4v) is 4.16. The number of hydrogen-bond acceptors (Lipinski definition) is 5. The maximum atomic E-state index is 11.7. The van der Waals surface area contributed by atoms with Gasteiger partial charge in [-0.2, -0.15) is 0 Å². The molecule has 0 aliphatic carbocycles. The largest absolute Gasteiger partial charge is 0.465 e. The summed E-state index contributed by atoms with van der Waals surface area (Å²) in [6.07, 6.45) is 2.62. The molecule has 1 fully saturated rings. The van der Waals surface area contributed by atoms with E-state index in [4.69, 9.17) is 21.2 Å². The Morgan fingerprint density at radius 3 is 2.65 bits per heavy atom. The number of carboxylic acid groups (broad SMARTS) is 1. The van der Waals surface area contributed by atoms with Crippen molar-refractivity contribution in [2.75, 3.05) is 26.7 Å². The summed E-state index contributed by atoms with van der Waals surface area (Å²) in [6, 6.07) is 9.10. The Balaban J connectivity index is 1.42. The Hall–Kier alpha value is -2.58. The number of amides is 2. The van der Waals surface area contributed by atoms with Crippen LogP contribution >= 0.6 is 11.6 Å². The quantitative estimate of drug-likeness (QED) is 0.542. The Bertz CT molecular complexity index is 863. The summed E-state index contributed by atoms with van der Waals surface area (Å²) in [5.41, 5.74) is 1.88. The second-order valence-corrected chi connectivity index (χ2v) is 8.34. The summed E-state index contributed by atoms with van der Waals surface area (Å²) in [6.45, 7) is 2.73. The number of aromatic nitrogens is 1. The molecule has 2 aromatic rings. The number of rotatable bonds is 9. The first-order valence-electron chi connectivity index (χ1n) is 10.6. The van der Waals surface area contributed by atoms with Gasteiger partial charge in [0.15, 0.2) is 5.76 Å². The van der Waals surface area contributed by atoms with Crippen LogP contribution in [0.2, 0.25) is 5.02 Å². The molecular weight excluding hydrogens is 420 g/mol. The first-order chi connectivity index (χ1) is 14.9. The van der Waals surface area contributed by atoms with Gasteiger partial charge in [0.1, 0.15) is 0 Å². The van der Waals surface area contributed by atoms with Crippen molar-refractivity contribution in [2.24, 2.45) is 5.92 Å². The molecule has 1 aromatic heterocycles. The Morgan fingerprint density at radius 2 is 2.00 bits per heavy atom. The van der Waals surface area contributed by atoms with Crippen LogP contribution in [0.1, 0.15) is 31.4 Å². The van der Waals surface area contributed by atoms with E-state index in [1.807, 2.05) is 30.3 Å². The number of aryl methyl sites for hydroxylation is 1. The van der Waals surface area contributed by atoms with E-state index < -0.39 is 6.09 Å². The van der Waals surface area contributed by atoms with E-state index in [2.05, 4.69) is 20.7 Å². The number of carbonyl (C=O) groups excluding carboxylic acids is 1. The summed E-state index contributed by atoms with van der Waals surface area (Å²) >= 11 is 5.93. The number of nitrogens with zero attached hydrogens (tertiary/aromatic N) is 2. The van der Waals surface area contributed by atoms with Crippen LogP contribution in [0.4, 0.5) is 4.79 Å². The van der Waals surface area contributed by atoms with Gasteiger partial charge in [-0.1, -0.05) is 16.8 Å². The molecule has 2 amide bonds. The molecule has 2 heterocycles. The van der Waals surface area contributed by atoms with Crippen LogP contribution < -0.4 is 10.6 Å². The predicted octanol–water partition coefficient (Wildman–Crippen LogP) is 3.41. The van der Waals surface area contributed by atoms with Crippen LogP contribution in [0, 0.1) is 5.92 Å². The van der Waals surface area contributed by atoms with Gasteiger partial charge in [0.2, 0.25) is 5.91 Å². The summed E-state index contributed by atoms with van der Waals surface area (Å²) in [5, 5.41) is 19.0. The average Bonchev–Trinajstić information content (AvgIpc) is 3.23. The lowest BCUT2D eigenvalue weighted by Crippen LogP contribution is -2.47. The molecule has 8 nitrogen and oxygen atoms in total. The highest BCUT2D eigenvalue weighted by molar-refractivity contribution is 6.30. The number of nitrogens with one attached hydrogen (secondary N) is 2. The lowest BCUT2D eigenvalue weighted by Gasteiger charge is -2.35. The second-order valence-electron chi connectivity index (χ2n) is 7.91. The lowest BCUT2D eigenvalue weighted by atomic mass is 9.87. The van der Waals surface area contributed by atoms with Crippen LogP contribution in [-0.4, -0.2) is 59.9 Å².